The number of esters is 1. The lowest BCUT2D eigenvalue weighted by molar-refractivity contribution is -0.140. The Morgan fingerprint density at radius 1 is 1.43 bits per heavy atom. The number of methoxy groups -OCH3 is 1. The number of thiazole rings is 1. The standard InChI is InChI=1S/C13H22N4O2S.HI/c1-10-8-16-11(20-10)9-17-13(14-2)15-7-5-4-6-12(18)19-3;/h8H,4-7,9H2,1-3H3,(H2,14,15,17);1H. The molecule has 0 spiro atoms. The molecule has 0 aromatic carbocycles. The van der Waals surface area contributed by atoms with E-state index >= 15 is 0 Å². The Hall–Kier alpha value is -0.900. The Balaban J connectivity index is 0.00000400. The van der Waals surface area contributed by atoms with E-state index in [-0.39, 0.29) is 29.9 Å². The zero-order chi connectivity index (χ0) is 14.8. The van der Waals surface area contributed by atoms with Gasteiger partial charge in [0.1, 0.15) is 5.01 Å². The number of nitrogens with one attached hydrogen (secondary N) is 2. The van der Waals surface area contributed by atoms with E-state index in [9.17, 15) is 4.79 Å². The highest BCUT2D eigenvalue weighted by molar-refractivity contribution is 14.0. The van der Waals surface area contributed by atoms with Crippen LogP contribution in [0.3, 0.4) is 0 Å². The molecule has 0 fully saturated rings. The summed E-state index contributed by atoms with van der Waals surface area (Å²) in [4.78, 5) is 20.6. The van der Waals surface area contributed by atoms with Crippen LogP contribution in [0, 0.1) is 6.92 Å². The zero-order valence-electron chi connectivity index (χ0n) is 12.6. The van der Waals surface area contributed by atoms with Gasteiger partial charge in [-0.15, -0.1) is 35.3 Å². The Labute approximate surface area is 146 Å². The second kappa shape index (κ2) is 11.7. The number of ether oxygens (including phenoxy) is 1. The molecule has 0 aliphatic carbocycles. The third-order valence-corrected chi connectivity index (χ3v) is 3.54. The van der Waals surface area contributed by atoms with Gasteiger partial charge in [0.05, 0.1) is 13.7 Å². The summed E-state index contributed by atoms with van der Waals surface area (Å²) in [5.41, 5.74) is 0. The van der Waals surface area contributed by atoms with Crippen molar-refractivity contribution in [2.24, 2.45) is 4.99 Å². The van der Waals surface area contributed by atoms with Gasteiger partial charge >= 0.3 is 5.97 Å². The van der Waals surface area contributed by atoms with Gasteiger partial charge in [0, 0.05) is 31.1 Å². The van der Waals surface area contributed by atoms with E-state index < -0.39 is 0 Å². The average Bonchev–Trinajstić information content (AvgIpc) is 2.87. The number of aryl methyl sites for hydroxylation is 1. The minimum atomic E-state index is -0.161. The maximum Gasteiger partial charge on any atom is 0.305 e. The lowest BCUT2D eigenvalue weighted by atomic mass is 10.2. The number of unbranched alkanes of at least 4 members (excludes halogenated alkanes) is 1. The minimum absolute atomic E-state index is 0. The molecule has 21 heavy (non-hydrogen) atoms. The summed E-state index contributed by atoms with van der Waals surface area (Å²) in [6, 6.07) is 0. The first-order chi connectivity index (χ1) is 9.65. The number of halogens is 1. The molecule has 0 radical (unpaired) electrons. The summed E-state index contributed by atoms with van der Waals surface area (Å²) in [6.45, 7) is 3.48. The molecule has 0 bridgehead atoms. The predicted molar refractivity (Wildman–Crippen MR) is 96.3 cm³/mol. The number of carbonyl (C=O) groups is 1. The summed E-state index contributed by atoms with van der Waals surface area (Å²) in [7, 11) is 3.14. The van der Waals surface area contributed by atoms with Gasteiger partial charge in [-0.05, 0) is 19.8 Å². The van der Waals surface area contributed by atoms with Crippen molar-refractivity contribution in [3.05, 3.63) is 16.1 Å². The fraction of sp³-hybridized carbons (Fsp3) is 0.615. The number of carbonyl (C=O) groups excluding carboxylic acids is 1. The number of rotatable bonds is 7. The molecule has 0 amide bonds. The quantitative estimate of drug-likeness (QED) is 0.230. The van der Waals surface area contributed by atoms with Crippen molar-refractivity contribution in [2.45, 2.75) is 32.7 Å². The minimum Gasteiger partial charge on any atom is -0.469 e. The Morgan fingerprint density at radius 2 is 2.19 bits per heavy atom. The van der Waals surface area contributed by atoms with Gasteiger partial charge in [0.15, 0.2) is 5.96 Å². The Kier molecular flexibility index (Phi) is 11.2. The van der Waals surface area contributed by atoms with Gasteiger partial charge in [0.2, 0.25) is 0 Å². The van der Waals surface area contributed by atoms with E-state index in [1.165, 1.54) is 12.0 Å². The van der Waals surface area contributed by atoms with E-state index in [1.807, 2.05) is 13.1 Å². The maximum atomic E-state index is 10.9. The molecule has 1 aromatic heterocycles. The van der Waals surface area contributed by atoms with E-state index in [0.717, 1.165) is 30.4 Å². The number of aliphatic imine (C=N–C) groups is 1. The molecule has 0 aliphatic rings. The SMILES string of the molecule is CN=C(NCCCCC(=O)OC)NCc1ncc(C)s1.I. The van der Waals surface area contributed by atoms with Gasteiger partial charge in [-0.1, -0.05) is 0 Å². The summed E-state index contributed by atoms with van der Waals surface area (Å²) >= 11 is 1.67. The van der Waals surface area contributed by atoms with Gasteiger partial charge in [0.25, 0.3) is 0 Å². The van der Waals surface area contributed by atoms with Crippen LogP contribution in [0.4, 0.5) is 0 Å². The van der Waals surface area contributed by atoms with E-state index in [1.54, 1.807) is 18.4 Å². The Morgan fingerprint density at radius 3 is 2.76 bits per heavy atom. The summed E-state index contributed by atoms with van der Waals surface area (Å²) in [5.74, 6) is 0.586. The molecule has 1 aromatic rings. The fourth-order valence-corrected chi connectivity index (χ4v) is 2.29. The molecule has 0 atom stereocenters. The lowest BCUT2D eigenvalue weighted by Crippen LogP contribution is -2.37. The van der Waals surface area contributed by atoms with Crippen LogP contribution >= 0.6 is 35.3 Å². The van der Waals surface area contributed by atoms with Crippen LogP contribution in [-0.4, -0.2) is 37.6 Å². The van der Waals surface area contributed by atoms with Crippen molar-refractivity contribution < 1.29 is 9.53 Å². The molecule has 0 unspecified atom stereocenters. The molecule has 1 heterocycles. The van der Waals surface area contributed by atoms with Crippen molar-refractivity contribution in [3.63, 3.8) is 0 Å². The average molecular weight is 426 g/mol. The third-order valence-electron chi connectivity index (χ3n) is 2.63. The van der Waals surface area contributed by atoms with Crippen LogP contribution in [0.15, 0.2) is 11.2 Å². The first-order valence-corrected chi connectivity index (χ1v) is 7.40. The van der Waals surface area contributed by atoms with Crippen molar-refractivity contribution >= 4 is 47.2 Å². The number of hydrogen-bond acceptors (Lipinski definition) is 5. The highest BCUT2D eigenvalue weighted by Crippen LogP contribution is 2.10. The molecule has 1 rings (SSSR count). The summed E-state index contributed by atoms with van der Waals surface area (Å²) < 4.78 is 4.59. The monoisotopic (exact) mass is 426 g/mol. The van der Waals surface area contributed by atoms with Gasteiger partial charge in [-0.25, -0.2) is 4.98 Å². The van der Waals surface area contributed by atoms with Gasteiger partial charge in [-0.2, -0.15) is 0 Å². The first kappa shape index (κ1) is 20.1. The largest absolute Gasteiger partial charge is 0.469 e. The van der Waals surface area contributed by atoms with E-state index in [2.05, 4.69) is 25.3 Å². The number of guanidine groups is 1. The summed E-state index contributed by atoms with van der Waals surface area (Å²) in [5, 5.41) is 7.44. The molecule has 0 saturated heterocycles. The van der Waals surface area contributed by atoms with E-state index in [4.69, 9.17) is 0 Å². The van der Waals surface area contributed by atoms with Crippen LogP contribution in [0.25, 0.3) is 0 Å². The molecular weight excluding hydrogens is 403 g/mol. The number of aromatic nitrogens is 1. The predicted octanol–water partition coefficient (Wildman–Crippen LogP) is 2.08. The molecule has 0 saturated carbocycles. The van der Waals surface area contributed by atoms with Crippen molar-refractivity contribution in [3.8, 4) is 0 Å². The fourth-order valence-electron chi connectivity index (χ4n) is 1.57. The van der Waals surface area contributed by atoms with Crippen molar-refractivity contribution in [2.75, 3.05) is 20.7 Å². The van der Waals surface area contributed by atoms with E-state index in [0.29, 0.717) is 13.0 Å². The molecule has 2 N–H and O–H groups in total. The number of nitrogens with zero attached hydrogens (tertiary/aromatic N) is 2. The smallest absolute Gasteiger partial charge is 0.305 e. The first-order valence-electron chi connectivity index (χ1n) is 6.58. The van der Waals surface area contributed by atoms with Gasteiger partial charge < -0.3 is 15.4 Å². The normalized spacial score (nSPS) is 10.7. The second-order valence-electron chi connectivity index (χ2n) is 4.25. The molecule has 120 valence electrons. The maximum absolute atomic E-state index is 10.9. The molecular formula is C13H23IN4O2S. The lowest BCUT2D eigenvalue weighted by Gasteiger charge is -2.10. The molecule has 0 aliphatic heterocycles. The van der Waals surface area contributed by atoms with Gasteiger partial charge in [-0.3, -0.25) is 9.79 Å². The van der Waals surface area contributed by atoms with Crippen LogP contribution in [0.2, 0.25) is 0 Å². The van der Waals surface area contributed by atoms with Crippen LogP contribution in [0.5, 0.6) is 0 Å². The third kappa shape index (κ3) is 8.86. The molecule has 6 nitrogen and oxygen atoms in total. The highest BCUT2D eigenvalue weighted by atomic mass is 127. The zero-order valence-corrected chi connectivity index (χ0v) is 15.8. The highest BCUT2D eigenvalue weighted by Gasteiger charge is 2.02. The summed E-state index contributed by atoms with van der Waals surface area (Å²) in [6.07, 6.45) is 4.03. The van der Waals surface area contributed by atoms with Crippen molar-refractivity contribution in [1.82, 2.24) is 15.6 Å². The second-order valence-corrected chi connectivity index (χ2v) is 5.57. The van der Waals surface area contributed by atoms with Crippen molar-refractivity contribution in [1.29, 1.82) is 0 Å². The molecule has 8 heteroatoms. The van der Waals surface area contributed by atoms with Crippen LogP contribution in [-0.2, 0) is 16.1 Å². The van der Waals surface area contributed by atoms with Crippen LogP contribution < -0.4 is 10.6 Å². The van der Waals surface area contributed by atoms with Crippen LogP contribution in [0.1, 0.15) is 29.1 Å². The Bertz CT molecular complexity index is 451. The number of hydrogen-bond donors (Lipinski definition) is 2. The topological polar surface area (TPSA) is 75.6 Å².